The van der Waals surface area contributed by atoms with Crippen LogP contribution in [-0.4, -0.2) is 59.5 Å². The summed E-state index contributed by atoms with van der Waals surface area (Å²) < 4.78 is 88.2. The molecule has 0 radical (unpaired) electrons. The zero-order valence-electron chi connectivity index (χ0n) is 23.6. The molecule has 4 aliphatic rings. The number of ether oxygens (including phenoxy) is 1. The van der Waals surface area contributed by atoms with E-state index in [0.717, 1.165) is 12.8 Å². The molecule has 0 aromatic rings. The Kier molecular flexibility index (Phi) is 8.54. The number of aliphatic hydroxyl groups is 1. The molecule has 0 amide bonds. The minimum atomic E-state index is -6.36. The maximum atomic E-state index is 13.8. The number of aliphatic hydroxyl groups excluding tert-OH is 1. The standard InChI is InChI=1S/C28H40F4O8S/c1-15(4-7-23(36)40-11-10-27(29,30)28(31,32)41(37,38)39)18-5-6-19-24-20(14-22(35)26(18,19)3)25(2)9-8-17(33)12-16(25)13-21(24)34/h15-16,18-21,24,34H,4-14H2,1-3H3,(H,37,38,39)/t15-,16?,18-,19+,20+,21?,24+,25+,26-/m1/s1. The van der Waals surface area contributed by atoms with Crippen LogP contribution in [0, 0.1) is 46.3 Å². The van der Waals surface area contributed by atoms with Crippen LogP contribution in [0.15, 0.2) is 0 Å². The van der Waals surface area contributed by atoms with Crippen LogP contribution < -0.4 is 0 Å². The number of alkyl halides is 4. The Morgan fingerprint density at radius 1 is 1.12 bits per heavy atom. The van der Waals surface area contributed by atoms with Crippen molar-refractivity contribution in [3.05, 3.63) is 0 Å². The first-order valence-corrected chi connectivity index (χ1v) is 15.8. The molecule has 0 heterocycles. The van der Waals surface area contributed by atoms with E-state index in [1.807, 2.05) is 13.8 Å². The average molecular weight is 613 g/mol. The molecule has 8 nitrogen and oxygen atoms in total. The first kappa shape index (κ1) is 32.3. The number of esters is 1. The smallest absolute Gasteiger partial charge is 0.431 e. The van der Waals surface area contributed by atoms with Crippen molar-refractivity contribution in [3.63, 3.8) is 0 Å². The van der Waals surface area contributed by atoms with Crippen LogP contribution in [0.3, 0.4) is 0 Å². The molecule has 234 valence electrons. The van der Waals surface area contributed by atoms with E-state index in [-0.39, 0.29) is 65.3 Å². The third-order valence-corrected chi connectivity index (χ3v) is 12.3. The number of hydrogen-bond acceptors (Lipinski definition) is 7. The summed E-state index contributed by atoms with van der Waals surface area (Å²) >= 11 is 0. The molecule has 0 spiro atoms. The van der Waals surface area contributed by atoms with E-state index in [0.29, 0.717) is 32.1 Å². The van der Waals surface area contributed by atoms with Gasteiger partial charge in [-0.05, 0) is 73.0 Å². The molecule has 0 aliphatic heterocycles. The third kappa shape index (κ3) is 5.36. The van der Waals surface area contributed by atoms with Crippen molar-refractivity contribution in [1.82, 2.24) is 0 Å². The summed E-state index contributed by atoms with van der Waals surface area (Å²) in [4.78, 5) is 38.2. The zero-order chi connectivity index (χ0) is 30.8. The summed E-state index contributed by atoms with van der Waals surface area (Å²) in [6.07, 6.45) is 1.67. The maximum absolute atomic E-state index is 13.8. The lowest BCUT2D eigenvalue weighted by Crippen LogP contribution is -2.61. The van der Waals surface area contributed by atoms with E-state index in [2.05, 4.69) is 11.7 Å². The highest BCUT2D eigenvalue weighted by Crippen LogP contribution is 2.67. The third-order valence-electron chi connectivity index (χ3n) is 11.4. The first-order chi connectivity index (χ1) is 18.8. The summed E-state index contributed by atoms with van der Waals surface area (Å²) in [6.45, 7) is 4.85. The van der Waals surface area contributed by atoms with Crippen molar-refractivity contribution >= 4 is 27.7 Å². The molecule has 0 saturated heterocycles. The summed E-state index contributed by atoms with van der Waals surface area (Å²) in [5, 5.41) is 5.57. The van der Waals surface area contributed by atoms with Gasteiger partial charge in [0.05, 0.1) is 19.1 Å². The average Bonchev–Trinajstić information content (AvgIpc) is 3.22. The number of hydrogen-bond donors (Lipinski definition) is 2. The van der Waals surface area contributed by atoms with Crippen molar-refractivity contribution in [2.45, 2.75) is 102 Å². The second kappa shape index (κ2) is 10.8. The van der Waals surface area contributed by atoms with Crippen LogP contribution in [0.5, 0.6) is 0 Å². The van der Waals surface area contributed by atoms with Crippen molar-refractivity contribution < 1.29 is 54.8 Å². The lowest BCUT2D eigenvalue weighted by atomic mass is 9.43. The normalized spacial score (nSPS) is 38.6. The van der Waals surface area contributed by atoms with Crippen LogP contribution in [0.25, 0.3) is 0 Å². The number of halogens is 4. The highest BCUT2D eigenvalue weighted by atomic mass is 32.2. The highest BCUT2D eigenvalue weighted by molar-refractivity contribution is 7.87. The van der Waals surface area contributed by atoms with Gasteiger partial charge < -0.3 is 9.84 Å². The van der Waals surface area contributed by atoms with Crippen molar-refractivity contribution in [2.75, 3.05) is 6.61 Å². The van der Waals surface area contributed by atoms with Crippen molar-refractivity contribution in [3.8, 4) is 0 Å². The van der Waals surface area contributed by atoms with Gasteiger partial charge in [-0.2, -0.15) is 26.0 Å². The molecule has 0 bridgehead atoms. The molecule has 4 saturated carbocycles. The predicted molar refractivity (Wildman–Crippen MR) is 137 cm³/mol. The van der Waals surface area contributed by atoms with Crippen LogP contribution in [0.2, 0.25) is 0 Å². The summed E-state index contributed by atoms with van der Waals surface area (Å²) in [5.41, 5.74) is -0.882. The maximum Gasteiger partial charge on any atom is 0.431 e. The van der Waals surface area contributed by atoms with Crippen LogP contribution in [0.1, 0.15) is 85.0 Å². The molecule has 41 heavy (non-hydrogen) atoms. The van der Waals surface area contributed by atoms with Gasteiger partial charge in [0.25, 0.3) is 0 Å². The Bertz CT molecular complexity index is 1180. The van der Waals surface area contributed by atoms with Gasteiger partial charge in [0.2, 0.25) is 0 Å². The molecule has 9 atom stereocenters. The van der Waals surface area contributed by atoms with Crippen molar-refractivity contribution in [2.24, 2.45) is 46.3 Å². The number of carbonyl (C=O) groups is 3. The fourth-order valence-electron chi connectivity index (χ4n) is 8.92. The van der Waals surface area contributed by atoms with Gasteiger partial charge in [-0.3, -0.25) is 18.9 Å². The van der Waals surface area contributed by atoms with E-state index in [4.69, 9.17) is 4.55 Å². The minimum absolute atomic E-state index is 0.00489. The van der Waals surface area contributed by atoms with Gasteiger partial charge in [0.1, 0.15) is 11.6 Å². The molecule has 2 unspecified atom stereocenters. The van der Waals surface area contributed by atoms with Gasteiger partial charge in [-0.1, -0.05) is 20.8 Å². The second-order valence-electron chi connectivity index (χ2n) is 13.3. The Morgan fingerprint density at radius 3 is 2.41 bits per heavy atom. The number of fused-ring (bicyclic) bond motifs is 5. The topological polar surface area (TPSA) is 135 Å². The van der Waals surface area contributed by atoms with E-state index in [1.54, 1.807) is 0 Å². The summed E-state index contributed by atoms with van der Waals surface area (Å²) in [7, 11) is -6.36. The highest BCUT2D eigenvalue weighted by Gasteiger charge is 2.67. The molecule has 2 N–H and O–H groups in total. The lowest BCUT2D eigenvalue weighted by Gasteiger charge is -2.61. The van der Waals surface area contributed by atoms with Crippen LogP contribution in [-0.2, 0) is 29.2 Å². The number of Topliss-reactive ketones (excluding diaryl/α,β-unsaturated/α-hetero) is 2. The molecular weight excluding hydrogens is 572 g/mol. The number of ketones is 2. The number of carbonyl (C=O) groups excluding carboxylic acids is 3. The van der Waals surface area contributed by atoms with Gasteiger partial charge in [0.15, 0.2) is 0 Å². The van der Waals surface area contributed by atoms with Crippen molar-refractivity contribution in [1.29, 1.82) is 0 Å². The van der Waals surface area contributed by atoms with Crippen LogP contribution >= 0.6 is 0 Å². The summed E-state index contributed by atoms with van der Waals surface area (Å²) in [5.74, 6) is -5.97. The molecule has 0 aromatic carbocycles. The lowest BCUT2D eigenvalue weighted by molar-refractivity contribution is -0.177. The predicted octanol–water partition coefficient (Wildman–Crippen LogP) is 4.83. The van der Waals surface area contributed by atoms with E-state index < -0.39 is 51.8 Å². The molecule has 4 rings (SSSR count). The Balaban J connectivity index is 1.37. The quantitative estimate of drug-likeness (QED) is 0.215. The Labute approximate surface area is 237 Å². The fourth-order valence-corrected chi connectivity index (χ4v) is 9.40. The van der Waals surface area contributed by atoms with Gasteiger partial charge in [-0.15, -0.1) is 0 Å². The Hall–Kier alpha value is -1.60. The van der Waals surface area contributed by atoms with E-state index in [1.165, 1.54) is 0 Å². The molecule has 4 fully saturated rings. The van der Waals surface area contributed by atoms with E-state index in [9.17, 15) is 45.5 Å². The largest absolute Gasteiger partial charge is 0.465 e. The van der Waals surface area contributed by atoms with E-state index >= 15 is 0 Å². The molecular formula is C28H40F4O8S. The molecule has 4 aliphatic carbocycles. The fraction of sp³-hybridized carbons (Fsp3) is 0.893. The zero-order valence-corrected chi connectivity index (χ0v) is 24.4. The summed E-state index contributed by atoms with van der Waals surface area (Å²) in [6, 6.07) is 0. The minimum Gasteiger partial charge on any atom is -0.465 e. The van der Waals surface area contributed by atoms with Gasteiger partial charge in [-0.25, -0.2) is 0 Å². The SMILES string of the molecule is C[C@H](CCC(=O)OCCC(F)(F)C(F)(F)S(=O)(=O)O)[C@H]1CC[C@H]2[C@@H]3C(O)CC4CC(=O)CC[C@]4(C)[C@H]3CC(=O)[C@]12C. The molecule has 13 heteroatoms. The van der Waals surface area contributed by atoms with Crippen LogP contribution in [0.4, 0.5) is 17.6 Å². The monoisotopic (exact) mass is 612 g/mol. The number of rotatable bonds is 9. The second-order valence-corrected chi connectivity index (χ2v) is 14.8. The molecule has 0 aromatic heterocycles. The first-order valence-electron chi connectivity index (χ1n) is 14.4. The van der Waals surface area contributed by atoms with Gasteiger partial charge >= 0.3 is 27.3 Å². The Morgan fingerprint density at radius 2 is 1.78 bits per heavy atom. The van der Waals surface area contributed by atoms with Gasteiger partial charge in [0, 0.05) is 31.1 Å².